The van der Waals surface area contributed by atoms with E-state index in [0.29, 0.717) is 0 Å². The van der Waals surface area contributed by atoms with Gasteiger partial charge in [-0.15, -0.1) is 0 Å². The van der Waals surface area contributed by atoms with Gasteiger partial charge in [0.25, 0.3) is 0 Å². The summed E-state index contributed by atoms with van der Waals surface area (Å²) < 4.78 is 35.0. The summed E-state index contributed by atoms with van der Waals surface area (Å²) in [5.41, 5.74) is -0.411. The van der Waals surface area contributed by atoms with E-state index in [-0.39, 0.29) is 0 Å². The highest BCUT2D eigenvalue weighted by molar-refractivity contribution is 4.83. The van der Waals surface area contributed by atoms with Crippen molar-refractivity contribution in [3.05, 3.63) is 23.5 Å². The summed E-state index contributed by atoms with van der Waals surface area (Å²) in [7, 11) is 0. The number of nitrogens with zero attached hydrogens (tertiary/aromatic N) is 1. The highest BCUT2D eigenvalue weighted by Gasteiger charge is 1.77. The van der Waals surface area contributed by atoms with Crippen molar-refractivity contribution in [2.75, 3.05) is 0 Å². The smallest absolute Gasteiger partial charge is 0.124 e. The topological polar surface area (TPSA) is 52.5 Å². The molecule has 0 aliphatic carbocycles. The Kier molecular flexibility index (Phi) is 0.374. The predicted molar refractivity (Wildman–Crippen MR) is 29.2 cm³/mol. The molecule has 0 bridgehead atoms. The first-order valence-corrected chi connectivity index (χ1v) is 1.95. The van der Waals surface area contributed by atoms with Crippen LogP contribution in [0.4, 0.5) is 0 Å². The lowest BCUT2D eigenvalue weighted by molar-refractivity contribution is 0.968. The van der Waals surface area contributed by atoms with Gasteiger partial charge in [-0.2, -0.15) is 0 Å². The number of aryl methyl sites for hydroxylation is 1. The summed E-state index contributed by atoms with van der Waals surface area (Å²) in [5, 5.41) is 7.13. The molecule has 0 aliphatic heterocycles. The minimum absolute atomic E-state index is 0.409. The Hall–Kier alpha value is -1.12. The molecule has 0 aliphatic rings. The second-order valence-corrected chi connectivity index (χ2v) is 1.20. The number of nitrogens with one attached hydrogen (secondary N) is 2. The van der Waals surface area contributed by atoms with Gasteiger partial charge in [0.05, 0.1) is 2.74 Å². The molecule has 0 amide bonds. The van der Waals surface area contributed by atoms with Crippen LogP contribution in [0, 0.1) is 12.3 Å². The van der Waals surface area contributed by atoms with Gasteiger partial charge in [-0.05, 0) is 12.9 Å². The van der Waals surface area contributed by atoms with Gasteiger partial charge in [0, 0.05) is 10.3 Å². The minimum atomic E-state index is -2.47. The summed E-state index contributed by atoms with van der Waals surface area (Å²) in [4.78, 5) is 5.49. The summed E-state index contributed by atoms with van der Waals surface area (Å²) in [6.45, 7) is -2.47. The molecule has 8 heavy (non-hydrogen) atoms. The summed E-state index contributed by atoms with van der Waals surface area (Å²) >= 11 is 0. The quantitative estimate of drug-likeness (QED) is 0.497. The molecule has 1 aromatic heterocycles. The Morgan fingerprint density at radius 3 is 3.62 bits per heavy atom. The SMILES string of the molecule is [2H]c1nc(C([2H])([2H])[2H])[nH]c(=N)c1[2H]. The Balaban J connectivity index is 3.38. The summed E-state index contributed by atoms with van der Waals surface area (Å²) in [5.74, 6) is -0.432. The fraction of sp³-hybridized carbons (Fsp3) is 0.200. The normalized spacial score (nSPS) is 19.8. The summed E-state index contributed by atoms with van der Waals surface area (Å²) in [6, 6.07) is -0.409. The van der Waals surface area contributed by atoms with Gasteiger partial charge in [0.2, 0.25) is 0 Å². The van der Waals surface area contributed by atoms with Crippen molar-refractivity contribution >= 4 is 0 Å². The van der Waals surface area contributed by atoms with Crippen molar-refractivity contribution in [3.8, 4) is 0 Å². The highest BCUT2D eigenvalue weighted by atomic mass is 14.9. The molecule has 1 heterocycles. The average molecular weight is 114 g/mol. The lowest BCUT2D eigenvalue weighted by Crippen LogP contribution is -2.05. The number of rotatable bonds is 0. The van der Waals surface area contributed by atoms with E-state index >= 15 is 0 Å². The van der Waals surface area contributed by atoms with Crippen LogP contribution in [0.3, 0.4) is 0 Å². The molecule has 0 unspecified atom stereocenters. The molecule has 0 spiro atoms. The van der Waals surface area contributed by atoms with Gasteiger partial charge in [-0.3, -0.25) is 5.41 Å². The first-order valence-electron chi connectivity index (χ1n) is 4.45. The fourth-order valence-electron chi connectivity index (χ4n) is 0.317. The van der Waals surface area contributed by atoms with Crippen LogP contribution in [-0.2, 0) is 0 Å². The van der Waals surface area contributed by atoms with Gasteiger partial charge < -0.3 is 4.98 Å². The van der Waals surface area contributed by atoms with Crippen LogP contribution in [0.5, 0.6) is 0 Å². The van der Waals surface area contributed by atoms with Crippen LogP contribution in [0.15, 0.2) is 12.2 Å². The number of hydrogen-bond donors (Lipinski definition) is 2. The van der Waals surface area contributed by atoms with Crippen molar-refractivity contribution in [3.63, 3.8) is 0 Å². The van der Waals surface area contributed by atoms with E-state index in [1.54, 1.807) is 0 Å². The van der Waals surface area contributed by atoms with Gasteiger partial charge in [-0.25, -0.2) is 4.98 Å². The van der Waals surface area contributed by atoms with Crippen LogP contribution < -0.4 is 5.49 Å². The first kappa shape index (κ1) is 1.69. The zero-order valence-corrected chi connectivity index (χ0v) is 3.95. The molecule has 0 saturated carbocycles. The third kappa shape index (κ3) is 0.932. The van der Waals surface area contributed by atoms with E-state index in [1.807, 2.05) is 0 Å². The molecule has 1 rings (SSSR count). The Morgan fingerprint density at radius 1 is 2.12 bits per heavy atom. The number of aromatic amines is 1. The van der Waals surface area contributed by atoms with Gasteiger partial charge >= 0.3 is 0 Å². The fourth-order valence-corrected chi connectivity index (χ4v) is 0.317. The third-order valence-electron chi connectivity index (χ3n) is 0.592. The van der Waals surface area contributed by atoms with Crippen LogP contribution in [0.1, 0.15) is 12.7 Å². The molecule has 0 aromatic carbocycles. The molecule has 0 saturated heterocycles. The zero-order valence-electron chi connectivity index (χ0n) is 8.95. The Labute approximate surface area is 53.9 Å². The number of H-pyrrole nitrogens is 1. The van der Waals surface area contributed by atoms with Gasteiger partial charge in [0.15, 0.2) is 0 Å². The monoisotopic (exact) mass is 114 g/mol. The predicted octanol–water partition coefficient (Wildman–Crippen LogP) is 0.198. The lowest BCUT2D eigenvalue weighted by atomic mass is 10.6. The van der Waals surface area contributed by atoms with Crippen LogP contribution in [0.25, 0.3) is 0 Å². The molecule has 0 fully saturated rings. The van der Waals surface area contributed by atoms with E-state index < -0.39 is 30.4 Å². The van der Waals surface area contributed by atoms with Gasteiger partial charge in [0.1, 0.15) is 11.3 Å². The van der Waals surface area contributed by atoms with Crippen molar-refractivity contribution in [1.29, 1.82) is 5.41 Å². The van der Waals surface area contributed by atoms with E-state index in [2.05, 4.69) is 9.97 Å². The van der Waals surface area contributed by atoms with Crippen LogP contribution in [-0.4, -0.2) is 9.97 Å². The Bertz CT molecular complexity index is 379. The molecular weight excluding hydrogens is 102 g/mol. The summed E-state index contributed by atoms with van der Waals surface area (Å²) in [6.07, 6.45) is -0.505. The highest BCUT2D eigenvalue weighted by Crippen LogP contribution is 1.73. The molecular formula is C5H7N3. The maximum Gasteiger partial charge on any atom is 0.124 e. The number of hydrogen-bond acceptors (Lipinski definition) is 2. The molecule has 2 N–H and O–H groups in total. The minimum Gasteiger partial charge on any atom is -0.329 e. The van der Waals surface area contributed by atoms with Crippen molar-refractivity contribution in [1.82, 2.24) is 9.97 Å². The largest absolute Gasteiger partial charge is 0.329 e. The molecule has 3 heteroatoms. The van der Waals surface area contributed by atoms with Crippen molar-refractivity contribution in [2.24, 2.45) is 0 Å². The molecule has 3 nitrogen and oxygen atoms in total. The van der Waals surface area contributed by atoms with E-state index in [4.69, 9.17) is 12.3 Å². The van der Waals surface area contributed by atoms with Gasteiger partial charge in [-0.1, -0.05) is 0 Å². The lowest BCUT2D eigenvalue weighted by Gasteiger charge is -1.86. The van der Waals surface area contributed by atoms with Crippen LogP contribution in [0.2, 0.25) is 0 Å². The zero-order chi connectivity index (χ0) is 10.2. The second kappa shape index (κ2) is 1.78. The van der Waals surface area contributed by atoms with Crippen molar-refractivity contribution < 1.29 is 6.85 Å². The Morgan fingerprint density at radius 2 is 3.00 bits per heavy atom. The molecule has 0 atom stereocenters. The molecule has 1 aromatic rings. The second-order valence-electron chi connectivity index (χ2n) is 1.20. The number of aromatic nitrogens is 2. The average Bonchev–Trinajstić information content (AvgIpc) is 1.97. The maximum atomic E-state index is 7.13. The third-order valence-corrected chi connectivity index (χ3v) is 0.592. The first-order chi connectivity index (χ1) is 5.82. The van der Waals surface area contributed by atoms with E-state index in [0.717, 1.165) is 0 Å². The van der Waals surface area contributed by atoms with Crippen molar-refractivity contribution in [2.45, 2.75) is 6.85 Å². The van der Waals surface area contributed by atoms with Crippen LogP contribution >= 0.6 is 0 Å². The van der Waals surface area contributed by atoms with E-state index in [1.165, 1.54) is 0 Å². The maximum absolute atomic E-state index is 7.13. The van der Waals surface area contributed by atoms with E-state index in [9.17, 15) is 0 Å². The molecule has 0 radical (unpaired) electrons. The standard InChI is InChI=1S/C5H7N3/c1-4-7-3-2-5(6)8-4/h2-3H,1H3,(H2,6,7,8)/i1D3,2D,3D. The molecule has 42 valence electrons.